The largest absolute Gasteiger partial charge is 0.368 e. The van der Waals surface area contributed by atoms with Crippen LogP contribution in [0.2, 0.25) is 0 Å². The average Bonchev–Trinajstić information content (AvgIpc) is 3.15. The summed E-state index contributed by atoms with van der Waals surface area (Å²) in [5, 5.41) is 0. The molecule has 3 heterocycles. The Bertz CT molecular complexity index is 494. The fourth-order valence-electron chi connectivity index (χ4n) is 2.95. The first kappa shape index (κ1) is 14.1. The number of rotatable bonds is 2. The molecule has 2 fully saturated rings. The van der Waals surface area contributed by atoms with Crippen LogP contribution in [0, 0.1) is 0 Å². The molecular formula is C15H21N3O3. The highest BCUT2D eigenvalue weighted by Gasteiger charge is 2.30. The van der Waals surface area contributed by atoms with Gasteiger partial charge in [-0.15, -0.1) is 0 Å². The standard InChI is InChI=1S/C15H21N3O3/c19-14(12-4-1-6-16-12)17-7-3-8-18(10-9-17)15(20)13-5-2-11-21-13/h1,4,6,13,16H,2-3,5,7-11H2. The Labute approximate surface area is 124 Å². The van der Waals surface area contributed by atoms with E-state index in [1.165, 1.54) is 0 Å². The molecule has 0 saturated carbocycles. The molecule has 114 valence electrons. The van der Waals surface area contributed by atoms with E-state index < -0.39 is 0 Å². The first-order valence-electron chi connectivity index (χ1n) is 7.59. The van der Waals surface area contributed by atoms with Crippen molar-refractivity contribution in [1.29, 1.82) is 0 Å². The normalized spacial score (nSPS) is 23.1. The summed E-state index contributed by atoms with van der Waals surface area (Å²) in [4.78, 5) is 31.3. The minimum absolute atomic E-state index is 0.00594. The van der Waals surface area contributed by atoms with Gasteiger partial charge >= 0.3 is 0 Å². The van der Waals surface area contributed by atoms with Crippen molar-refractivity contribution in [2.75, 3.05) is 32.8 Å². The van der Waals surface area contributed by atoms with Crippen LogP contribution < -0.4 is 0 Å². The van der Waals surface area contributed by atoms with Crippen molar-refractivity contribution in [3.05, 3.63) is 24.0 Å². The molecule has 1 atom stereocenters. The topological polar surface area (TPSA) is 65.6 Å². The fraction of sp³-hybridized carbons (Fsp3) is 0.600. The molecule has 2 aliphatic heterocycles. The highest BCUT2D eigenvalue weighted by molar-refractivity contribution is 5.92. The second-order valence-electron chi connectivity index (χ2n) is 5.56. The van der Waals surface area contributed by atoms with Crippen molar-refractivity contribution >= 4 is 11.8 Å². The average molecular weight is 291 g/mol. The molecule has 2 amide bonds. The van der Waals surface area contributed by atoms with Gasteiger partial charge in [-0.1, -0.05) is 0 Å². The zero-order chi connectivity index (χ0) is 14.7. The van der Waals surface area contributed by atoms with Crippen LogP contribution in [0.1, 0.15) is 29.8 Å². The highest BCUT2D eigenvalue weighted by atomic mass is 16.5. The number of nitrogens with one attached hydrogen (secondary N) is 1. The van der Waals surface area contributed by atoms with Crippen molar-refractivity contribution in [1.82, 2.24) is 14.8 Å². The van der Waals surface area contributed by atoms with E-state index in [1.54, 1.807) is 12.3 Å². The molecule has 6 nitrogen and oxygen atoms in total. The molecule has 0 spiro atoms. The highest BCUT2D eigenvalue weighted by Crippen LogP contribution is 2.16. The van der Waals surface area contributed by atoms with Gasteiger partial charge in [0.2, 0.25) is 0 Å². The lowest BCUT2D eigenvalue weighted by Crippen LogP contribution is -2.41. The second kappa shape index (κ2) is 6.30. The lowest BCUT2D eigenvalue weighted by Gasteiger charge is -2.24. The van der Waals surface area contributed by atoms with Crippen LogP contribution in [0.3, 0.4) is 0 Å². The molecule has 0 bridgehead atoms. The Hall–Kier alpha value is -1.82. The van der Waals surface area contributed by atoms with E-state index >= 15 is 0 Å². The molecule has 0 radical (unpaired) electrons. The van der Waals surface area contributed by atoms with E-state index in [9.17, 15) is 9.59 Å². The smallest absolute Gasteiger partial charge is 0.270 e. The SMILES string of the molecule is O=C(c1ccc[nH]1)N1CCCN(C(=O)C2CCCO2)CC1. The molecule has 6 heteroatoms. The third-order valence-electron chi connectivity index (χ3n) is 4.13. The number of hydrogen-bond acceptors (Lipinski definition) is 3. The Balaban J connectivity index is 1.59. The van der Waals surface area contributed by atoms with Crippen molar-refractivity contribution < 1.29 is 14.3 Å². The van der Waals surface area contributed by atoms with E-state index in [2.05, 4.69) is 4.98 Å². The molecule has 1 aromatic rings. The minimum atomic E-state index is -0.268. The summed E-state index contributed by atoms with van der Waals surface area (Å²) in [6.07, 6.45) is 4.07. The number of aromatic amines is 1. The summed E-state index contributed by atoms with van der Waals surface area (Å²) < 4.78 is 5.47. The van der Waals surface area contributed by atoms with Gasteiger partial charge in [0.05, 0.1) is 0 Å². The summed E-state index contributed by atoms with van der Waals surface area (Å²) in [6.45, 7) is 3.24. The van der Waals surface area contributed by atoms with Crippen LogP contribution in [0.15, 0.2) is 18.3 Å². The predicted molar refractivity (Wildman–Crippen MR) is 76.9 cm³/mol. The maximum Gasteiger partial charge on any atom is 0.270 e. The maximum absolute atomic E-state index is 12.3. The van der Waals surface area contributed by atoms with Gasteiger partial charge in [-0.05, 0) is 31.4 Å². The van der Waals surface area contributed by atoms with E-state index in [-0.39, 0.29) is 17.9 Å². The molecular weight excluding hydrogens is 270 g/mol. The van der Waals surface area contributed by atoms with Gasteiger partial charge in [0, 0.05) is 39.0 Å². The second-order valence-corrected chi connectivity index (χ2v) is 5.56. The Morgan fingerprint density at radius 1 is 1.14 bits per heavy atom. The summed E-state index contributed by atoms with van der Waals surface area (Å²) in [6, 6.07) is 3.60. The molecule has 1 aromatic heterocycles. The van der Waals surface area contributed by atoms with Crippen molar-refractivity contribution in [2.24, 2.45) is 0 Å². The molecule has 1 N–H and O–H groups in total. The number of nitrogens with zero attached hydrogens (tertiary/aromatic N) is 2. The number of aromatic nitrogens is 1. The van der Waals surface area contributed by atoms with Crippen molar-refractivity contribution in [3.63, 3.8) is 0 Å². The number of carbonyl (C=O) groups is 2. The summed E-state index contributed by atoms with van der Waals surface area (Å²) in [7, 11) is 0. The Kier molecular flexibility index (Phi) is 4.24. The molecule has 1 unspecified atom stereocenters. The Morgan fingerprint density at radius 2 is 1.95 bits per heavy atom. The van der Waals surface area contributed by atoms with Crippen molar-refractivity contribution in [3.8, 4) is 0 Å². The predicted octanol–water partition coefficient (Wildman–Crippen LogP) is 0.868. The first-order valence-corrected chi connectivity index (χ1v) is 7.59. The number of amides is 2. The monoisotopic (exact) mass is 291 g/mol. The minimum Gasteiger partial charge on any atom is -0.368 e. The van der Waals surface area contributed by atoms with Crippen LogP contribution in [-0.2, 0) is 9.53 Å². The van der Waals surface area contributed by atoms with Crippen LogP contribution in [0.5, 0.6) is 0 Å². The van der Waals surface area contributed by atoms with Gasteiger partial charge < -0.3 is 19.5 Å². The van der Waals surface area contributed by atoms with Gasteiger partial charge in [0.25, 0.3) is 11.8 Å². The summed E-state index contributed by atoms with van der Waals surface area (Å²) >= 11 is 0. The van der Waals surface area contributed by atoms with E-state index in [4.69, 9.17) is 4.74 Å². The van der Waals surface area contributed by atoms with Gasteiger partial charge in [0.1, 0.15) is 11.8 Å². The van der Waals surface area contributed by atoms with Crippen LogP contribution in [0.4, 0.5) is 0 Å². The zero-order valence-electron chi connectivity index (χ0n) is 12.1. The van der Waals surface area contributed by atoms with Crippen LogP contribution >= 0.6 is 0 Å². The molecule has 3 rings (SSSR count). The van der Waals surface area contributed by atoms with Gasteiger partial charge in [-0.3, -0.25) is 9.59 Å². The molecule has 2 aliphatic rings. The molecule has 0 aromatic carbocycles. The van der Waals surface area contributed by atoms with Gasteiger partial charge in [-0.25, -0.2) is 0 Å². The number of carbonyl (C=O) groups excluding carboxylic acids is 2. The fourth-order valence-corrected chi connectivity index (χ4v) is 2.95. The quantitative estimate of drug-likeness (QED) is 0.879. The van der Waals surface area contributed by atoms with Gasteiger partial charge in [-0.2, -0.15) is 0 Å². The molecule has 21 heavy (non-hydrogen) atoms. The lowest BCUT2D eigenvalue weighted by molar-refractivity contribution is -0.140. The summed E-state index contributed by atoms with van der Waals surface area (Å²) in [5.41, 5.74) is 0.605. The van der Waals surface area contributed by atoms with Gasteiger partial charge in [0.15, 0.2) is 0 Å². The first-order chi connectivity index (χ1) is 10.3. The molecule has 2 saturated heterocycles. The lowest BCUT2D eigenvalue weighted by atomic mass is 10.2. The summed E-state index contributed by atoms with van der Waals surface area (Å²) in [5.74, 6) is 0.0908. The third-order valence-corrected chi connectivity index (χ3v) is 4.13. The zero-order valence-corrected chi connectivity index (χ0v) is 12.1. The number of hydrogen-bond donors (Lipinski definition) is 1. The van der Waals surface area contributed by atoms with E-state index in [0.29, 0.717) is 38.5 Å². The van der Waals surface area contributed by atoms with E-state index in [0.717, 1.165) is 19.3 Å². The van der Waals surface area contributed by atoms with Crippen LogP contribution in [-0.4, -0.2) is 65.5 Å². The Morgan fingerprint density at radius 3 is 2.67 bits per heavy atom. The maximum atomic E-state index is 12.3. The number of H-pyrrole nitrogens is 1. The van der Waals surface area contributed by atoms with Crippen LogP contribution in [0.25, 0.3) is 0 Å². The van der Waals surface area contributed by atoms with E-state index in [1.807, 2.05) is 15.9 Å². The third kappa shape index (κ3) is 3.10. The molecule has 0 aliphatic carbocycles. The van der Waals surface area contributed by atoms with Crippen molar-refractivity contribution in [2.45, 2.75) is 25.4 Å². The number of ether oxygens (including phenoxy) is 1.